The molecule has 0 atom stereocenters. The van der Waals surface area contributed by atoms with Gasteiger partial charge in [-0.25, -0.2) is 0 Å². The lowest BCUT2D eigenvalue weighted by atomic mass is 10.1. The van der Waals surface area contributed by atoms with Gasteiger partial charge in [0.05, 0.1) is 0 Å². The zero-order valence-corrected chi connectivity index (χ0v) is 9.04. The first kappa shape index (κ1) is 9.60. The minimum Gasteiger partial charge on any atom is -0.120 e. The number of hydrogen-bond acceptors (Lipinski definition) is 0. The van der Waals surface area contributed by atoms with Gasteiger partial charge in [0.15, 0.2) is 0 Å². The molecule has 0 aliphatic carbocycles. The van der Waals surface area contributed by atoms with E-state index >= 15 is 0 Å². The lowest BCUT2D eigenvalue weighted by molar-refractivity contribution is 0.854. The summed E-state index contributed by atoms with van der Waals surface area (Å²) < 4.78 is 1.34. The monoisotopic (exact) mass is 270 g/mol. The summed E-state index contributed by atoms with van der Waals surface area (Å²) in [4.78, 5) is 0. The fraction of sp³-hybridized carbons (Fsp3) is 0.273. The smallest absolute Gasteiger partial charge is 0.0162 e. The maximum atomic E-state index is 5.18. The van der Waals surface area contributed by atoms with Crippen LogP contribution in [0, 0.1) is 15.9 Å². The van der Waals surface area contributed by atoms with Crippen molar-refractivity contribution in [1.29, 1.82) is 0 Å². The molecular formula is C11H11I. The van der Waals surface area contributed by atoms with Crippen molar-refractivity contribution >= 4 is 22.6 Å². The van der Waals surface area contributed by atoms with E-state index in [4.69, 9.17) is 6.42 Å². The molecule has 12 heavy (non-hydrogen) atoms. The van der Waals surface area contributed by atoms with E-state index < -0.39 is 0 Å². The molecule has 0 nitrogen and oxygen atoms in total. The topological polar surface area (TPSA) is 0 Å². The van der Waals surface area contributed by atoms with Gasteiger partial charge in [-0.15, -0.1) is 12.3 Å². The molecule has 0 saturated carbocycles. The molecule has 0 radical (unpaired) electrons. The first-order valence-electron chi connectivity index (χ1n) is 4.01. The molecule has 0 N–H and O–H groups in total. The van der Waals surface area contributed by atoms with Crippen molar-refractivity contribution in [3.8, 4) is 12.3 Å². The molecule has 0 bridgehead atoms. The van der Waals surface area contributed by atoms with Crippen molar-refractivity contribution in [2.45, 2.75) is 19.3 Å². The highest BCUT2D eigenvalue weighted by molar-refractivity contribution is 14.1. The van der Waals surface area contributed by atoms with Crippen LogP contribution in [0.3, 0.4) is 0 Å². The van der Waals surface area contributed by atoms with E-state index in [0.29, 0.717) is 0 Å². The quantitative estimate of drug-likeness (QED) is 0.449. The van der Waals surface area contributed by atoms with E-state index in [2.05, 4.69) is 52.8 Å². The predicted octanol–water partition coefficient (Wildman–Crippen LogP) is 3.25. The van der Waals surface area contributed by atoms with Gasteiger partial charge in [0.2, 0.25) is 0 Å². The summed E-state index contributed by atoms with van der Waals surface area (Å²) in [6.07, 6.45) is 8.25. The Kier molecular flexibility index (Phi) is 4.16. The van der Waals surface area contributed by atoms with Crippen LogP contribution in [0.4, 0.5) is 0 Å². The van der Waals surface area contributed by atoms with Crippen LogP contribution in [0.2, 0.25) is 0 Å². The molecule has 0 unspecified atom stereocenters. The van der Waals surface area contributed by atoms with Crippen LogP contribution in [0.25, 0.3) is 0 Å². The minimum atomic E-state index is 0.880. The molecule has 1 aromatic rings. The molecule has 0 heterocycles. The Bertz CT molecular complexity index is 283. The Labute approximate surface area is 87.5 Å². The molecule has 1 heteroatoms. The second-order valence-electron chi connectivity index (χ2n) is 2.65. The first-order valence-corrected chi connectivity index (χ1v) is 5.09. The van der Waals surface area contributed by atoms with Crippen molar-refractivity contribution < 1.29 is 0 Å². The third-order valence-electron chi connectivity index (χ3n) is 1.73. The molecule has 0 amide bonds. The van der Waals surface area contributed by atoms with E-state index in [1.54, 1.807) is 0 Å². The Morgan fingerprint density at radius 3 is 2.75 bits per heavy atom. The molecule has 0 saturated heterocycles. The van der Waals surface area contributed by atoms with Crippen LogP contribution < -0.4 is 0 Å². The number of rotatable bonds is 3. The van der Waals surface area contributed by atoms with Crippen molar-refractivity contribution in [1.82, 2.24) is 0 Å². The molecule has 0 spiro atoms. The Morgan fingerprint density at radius 1 is 1.33 bits per heavy atom. The molecule has 0 fully saturated rings. The van der Waals surface area contributed by atoms with Crippen LogP contribution in [0.5, 0.6) is 0 Å². The number of hydrogen-bond donors (Lipinski definition) is 0. The molecule has 0 aliphatic heterocycles. The number of aryl methyl sites for hydroxylation is 1. The van der Waals surface area contributed by atoms with Crippen molar-refractivity contribution in [2.24, 2.45) is 0 Å². The second kappa shape index (κ2) is 5.21. The van der Waals surface area contributed by atoms with Crippen molar-refractivity contribution in [2.75, 3.05) is 0 Å². The van der Waals surface area contributed by atoms with Gasteiger partial charge in [0.1, 0.15) is 0 Å². The second-order valence-corrected chi connectivity index (χ2v) is 3.81. The fourth-order valence-corrected chi connectivity index (χ4v) is 1.74. The summed E-state index contributed by atoms with van der Waals surface area (Å²) in [5, 5.41) is 0. The van der Waals surface area contributed by atoms with Crippen LogP contribution in [0.15, 0.2) is 24.3 Å². The van der Waals surface area contributed by atoms with Crippen LogP contribution in [-0.2, 0) is 6.42 Å². The number of terminal acetylenes is 1. The van der Waals surface area contributed by atoms with Gasteiger partial charge in [-0.1, -0.05) is 18.2 Å². The molecule has 62 valence electrons. The normalized spacial score (nSPS) is 9.33. The van der Waals surface area contributed by atoms with Gasteiger partial charge >= 0.3 is 0 Å². The summed E-state index contributed by atoms with van der Waals surface area (Å²) in [5.41, 5.74) is 1.41. The highest BCUT2D eigenvalue weighted by Crippen LogP contribution is 2.13. The van der Waals surface area contributed by atoms with Crippen molar-refractivity contribution in [3.63, 3.8) is 0 Å². The SMILES string of the molecule is C#CCCCc1ccccc1I. The fourth-order valence-electron chi connectivity index (χ4n) is 1.08. The van der Waals surface area contributed by atoms with E-state index in [9.17, 15) is 0 Å². The highest BCUT2D eigenvalue weighted by atomic mass is 127. The van der Waals surface area contributed by atoms with E-state index in [1.807, 2.05) is 0 Å². The van der Waals surface area contributed by atoms with Crippen LogP contribution >= 0.6 is 22.6 Å². The third kappa shape index (κ3) is 2.86. The van der Waals surface area contributed by atoms with Crippen LogP contribution in [0.1, 0.15) is 18.4 Å². The van der Waals surface area contributed by atoms with Gasteiger partial charge in [0, 0.05) is 9.99 Å². The summed E-state index contributed by atoms with van der Waals surface area (Å²) in [7, 11) is 0. The van der Waals surface area contributed by atoms with Gasteiger partial charge < -0.3 is 0 Å². The Hall–Kier alpha value is -0.490. The predicted molar refractivity (Wildman–Crippen MR) is 60.9 cm³/mol. The highest BCUT2D eigenvalue weighted by Gasteiger charge is 1.96. The number of unbranched alkanes of at least 4 members (excludes halogenated alkanes) is 1. The van der Waals surface area contributed by atoms with Crippen molar-refractivity contribution in [3.05, 3.63) is 33.4 Å². The zero-order valence-electron chi connectivity index (χ0n) is 6.89. The average Bonchev–Trinajstić information content (AvgIpc) is 2.09. The van der Waals surface area contributed by atoms with E-state index in [-0.39, 0.29) is 0 Å². The molecule has 0 aliphatic rings. The van der Waals surface area contributed by atoms with Gasteiger partial charge in [-0.05, 0) is 47.1 Å². The maximum Gasteiger partial charge on any atom is 0.0162 e. The summed E-state index contributed by atoms with van der Waals surface area (Å²) in [5.74, 6) is 2.65. The summed E-state index contributed by atoms with van der Waals surface area (Å²) >= 11 is 2.36. The maximum absolute atomic E-state index is 5.18. The summed E-state index contributed by atoms with van der Waals surface area (Å²) in [6.45, 7) is 0. The minimum absolute atomic E-state index is 0.880. The standard InChI is InChI=1S/C11H11I/c1-2-3-4-7-10-8-5-6-9-11(10)12/h1,5-6,8-9H,3-4,7H2. The molecule has 1 aromatic carbocycles. The number of halogens is 1. The number of benzene rings is 1. The summed E-state index contributed by atoms with van der Waals surface area (Å²) in [6, 6.07) is 8.43. The average molecular weight is 270 g/mol. The van der Waals surface area contributed by atoms with E-state index in [0.717, 1.165) is 19.3 Å². The largest absolute Gasteiger partial charge is 0.120 e. The Balaban J connectivity index is 2.53. The van der Waals surface area contributed by atoms with Gasteiger partial charge in [-0.3, -0.25) is 0 Å². The molecule has 0 aromatic heterocycles. The van der Waals surface area contributed by atoms with E-state index in [1.165, 1.54) is 9.13 Å². The first-order chi connectivity index (χ1) is 5.84. The van der Waals surface area contributed by atoms with Gasteiger partial charge in [0.25, 0.3) is 0 Å². The van der Waals surface area contributed by atoms with Crippen LogP contribution in [-0.4, -0.2) is 0 Å². The lowest BCUT2D eigenvalue weighted by Crippen LogP contribution is -1.87. The third-order valence-corrected chi connectivity index (χ3v) is 2.78. The lowest BCUT2D eigenvalue weighted by Gasteiger charge is -2.01. The molecular weight excluding hydrogens is 259 g/mol. The molecule has 1 rings (SSSR count). The zero-order chi connectivity index (χ0) is 8.81. The van der Waals surface area contributed by atoms with Gasteiger partial charge in [-0.2, -0.15) is 0 Å². The Morgan fingerprint density at radius 2 is 2.08 bits per heavy atom.